The molecule has 1 aromatic rings. The molecule has 0 bridgehead atoms. The van der Waals surface area contributed by atoms with E-state index in [1.54, 1.807) is 7.05 Å². The van der Waals surface area contributed by atoms with Crippen LogP contribution in [0.4, 0.5) is 0 Å². The molecule has 1 atom stereocenters. The van der Waals surface area contributed by atoms with Crippen LogP contribution in [0.15, 0.2) is 24.3 Å². The van der Waals surface area contributed by atoms with Crippen molar-refractivity contribution >= 4 is 18.9 Å². The average molecular weight is 309 g/mol. The van der Waals surface area contributed by atoms with E-state index < -0.39 is 4.16 Å². The van der Waals surface area contributed by atoms with Crippen molar-refractivity contribution in [3.8, 4) is 5.75 Å². The number of nitrogens with zero attached hydrogens (tertiary/aromatic N) is 1. The Morgan fingerprint density at radius 1 is 1.48 bits per heavy atom. The van der Waals surface area contributed by atoms with Gasteiger partial charge < -0.3 is 4.74 Å². The summed E-state index contributed by atoms with van der Waals surface area (Å²) in [4.78, 5) is 0. The summed E-state index contributed by atoms with van der Waals surface area (Å²) in [5.74, 6) is 0.886. The number of rotatable bonds is 7. The van der Waals surface area contributed by atoms with E-state index in [9.17, 15) is 5.21 Å². The number of nitrogens with one attached hydrogen (secondary N) is 1. The van der Waals surface area contributed by atoms with Crippen molar-refractivity contribution < 1.29 is 14.1 Å². The maximum atomic E-state index is 9.68. The zero-order valence-corrected chi connectivity index (χ0v) is 13.9. The predicted molar refractivity (Wildman–Crippen MR) is 88.1 cm³/mol. The van der Waals surface area contributed by atoms with Gasteiger partial charge in [-0.15, -0.1) is 5.43 Å². The second kappa shape index (κ2) is 6.40. The number of benzene rings is 1. The van der Waals surface area contributed by atoms with Gasteiger partial charge in [-0.1, -0.05) is 22.4 Å². The molecule has 1 aliphatic rings. The Balaban J connectivity index is 1.88. The first-order chi connectivity index (χ1) is 9.84. The Morgan fingerprint density at radius 3 is 2.76 bits per heavy atom. The number of allylic oxidation sites excluding steroid dienone is 1. The Labute approximate surface area is 132 Å². The first kappa shape index (κ1) is 16.4. The van der Waals surface area contributed by atoms with Crippen LogP contribution < -0.4 is 10.2 Å². The van der Waals surface area contributed by atoms with Crippen molar-refractivity contribution in [2.75, 3.05) is 13.7 Å². The third-order valence-electron chi connectivity index (χ3n) is 3.75. The quantitative estimate of drug-likeness (QED) is 0.410. The molecule has 116 valence electrons. The molecule has 1 unspecified atom stereocenters. The summed E-state index contributed by atoms with van der Waals surface area (Å²) >= 11 is 4.06. The molecule has 1 aromatic carbocycles. The molecule has 21 heavy (non-hydrogen) atoms. The molecule has 0 heterocycles. The van der Waals surface area contributed by atoms with Gasteiger partial charge in [-0.2, -0.15) is 5.21 Å². The highest BCUT2D eigenvalue weighted by Crippen LogP contribution is 2.40. The molecular formula is C16H25N2O2S+. The lowest BCUT2D eigenvalue weighted by atomic mass is 10.1. The van der Waals surface area contributed by atoms with Crippen LogP contribution in [0.3, 0.4) is 0 Å². The predicted octanol–water partition coefficient (Wildman–Crippen LogP) is 3.51. The molecule has 0 spiro atoms. The number of hydrogen-bond acceptors (Lipinski definition) is 4. The second-order valence-electron chi connectivity index (χ2n) is 5.92. The van der Waals surface area contributed by atoms with E-state index in [0.29, 0.717) is 6.61 Å². The first-order valence-electron chi connectivity index (χ1n) is 7.31. The molecule has 1 aliphatic carbocycles. The second-order valence-corrected chi connectivity index (χ2v) is 6.70. The van der Waals surface area contributed by atoms with Crippen molar-refractivity contribution in [2.45, 2.75) is 38.6 Å². The third-order valence-corrected chi connectivity index (χ3v) is 3.85. The Bertz CT molecular complexity index is 519. The number of aryl methyl sites for hydroxylation is 1. The standard InChI is InChI=1S/C16H25N2O2S/c1-4-5-14-12-15(7-6-13(14)2)20-11-10-16(8-9-16)17-18(3,19)21/h4-7,12,17,19,21H,8-11H2,1-3H3/q+1/b5-4-. The summed E-state index contributed by atoms with van der Waals surface area (Å²) in [5.41, 5.74) is 5.48. The topological polar surface area (TPSA) is 41.5 Å². The van der Waals surface area contributed by atoms with Crippen LogP contribution in [0, 0.1) is 6.92 Å². The number of quaternary nitrogens is 1. The SMILES string of the molecule is C/C=C\c1cc(OCCC2(N[N+](C)(O)S)CC2)ccc1C. The average Bonchev–Trinajstić information content (AvgIpc) is 3.11. The van der Waals surface area contributed by atoms with Crippen molar-refractivity contribution in [1.82, 2.24) is 5.43 Å². The van der Waals surface area contributed by atoms with Crippen LogP contribution >= 0.6 is 12.8 Å². The van der Waals surface area contributed by atoms with Crippen LogP contribution in [-0.2, 0) is 0 Å². The summed E-state index contributed by atoms with van der Waals surface area (Å²) in [6, 6.07) is 6.14. The zero-order chi connectivity index (χ0) is 15.5. The monoisotopic (exact) mass is 309 g/mol. The molecule has 0 radical (unpaired) electrons. The van der Waals surface area contributed by atoms with Crippen molar-refractivity contribution in [1.29, 1.82) is 0 Å². The van der Waals surface area contributed by atoms with Gasteiger partial charge in [0.05, 0.1) is 12.1 Å². The van der Waals surface area contributed by atoms with E-state index in [0.717, 1.165) is 25.0 Å². The van der Waals surface area contributed by atoms with Crippen molar-refractivity contribution in [3.63, 3.8) is 0 Å². The highest BCUT2D eigenvalue weighted by atomic mass is 32.1. The lowest BCUT2D eigenvalue weighted by Gasteiger charge is -2.24. The summed E-state index contributed by atoms with van der Waals surface area (Å²) < 4.78 is 5.35. The number of thiol groups is 1. The van der Waals surface area contributed by atoms with E-state index in [1.807, 2.05) is 19.1 Å². The van der Waals surface area contributed by atoms with E-state index in [2.05, 4.69) is 43.4 Å². The van der Waals surface area contributed by atoms with E-state index in [-0.39, 0.29) is 5.54 Å². The Morgan fingerprint density at radius 2 is 2.19 bits per heavy atom. The fourth-order valence-corrected chi connectivity index (χ4v) is 2.66. The van der Waals surface area contributed by atoms with Gasteiger partial charge in [0, 0.05) is 6.42 Å². The number of ether oxygens (including phenoxy) is 1. The molecule has 0 amide bonds. The van der Waals surface area contributed by atoms with Crippen LogP contribution in [0.1, 0.15) is 37.3 Å². The first-order valence-corrected chi connectivity index (χ1v) is 7.71. The lowest BCUT2D eigenvalue weighted by Crippen LogP contribution is -2.51. The van der Waals surface area contributed by atoms with E-state index in [1.165, 1.54) is 11.1 Å². The lowest BCUT2D eigenvalue weighted by molar-refractivity contribution is -1.01. The van der Waals surface area contributed by atoms with E-state index in [4.69, 9.17) is 4.74 Å². The summed E-state index contributed by atoms with van der Waals surface area (Å²) in [5, 5.41) is 9.68. The molecular weight excluding hydrogens is 284 g/mol. The minimum absolute atomic E-state index is 0.0396. The molecule has 1 saturated carbocycles. The minimum Gasteiger partial charge on any atom is -0.494 e. The van der Waals surface area contributed by atoms with Gasteiger partial charge in [-0.25, -0.2) is 0 Å². The molecule has 4 nitrogen and oxygen atoms in total. The molecule has 0 saturated heterocycles. The maximum absolute atomic E-state index is 9.68. The summed E-state index contributed by atoms with van der Waals surface area (Å²) in [6.45, 7) is 4.73. The zero-order valence-electron chi connectivity index (χ0n) is 13.0. The van der Waals surface area contributed by atoms with Crippen LogP contribution in [-0.4, -0.2) is 28.6 Å². The van der Waals surface area contributed by atoms with Gasteiger partial charge in [0.1, 0.15) is 25.6 Å². The van der Waals surface area contributed by atoms with Gasteiger partial charge in [0.2, 0.25) is 0 Å². The minimum atomic E-state index is -0.504. The van der Waals surface area contributed by atoms with Gasteiger partial charge >= 0.3 is 0 Å². The molecule has 0 aliphatic heterocycles. The Hall–Kier alpha value is -1.01. The molecule has 1 fully saturated rings. The molecule has 2 N–H and O–H groups in total. The highest BCUT2D eigenvalue weighted by Gasteiger charge is 2.48. The highest BCUT2D eigenvalue weighted by molar-refractivity contribution is 7.74. The fraction of sp³-hybridized carbons (Fsp3) is 0.500. The van der Waals surface area contributed by atoms with Crippen LogP contribution in [0.25, 0.3) is 6.08 Å². The van der Waals surface area contributed by atoms with E-state index >= 15 is 0 Å². The molecule has 0 aromatic heterocycles. The summed E-state index contributed by atoms with van der Waals surface area (Å²) in [6.07, 6.45) is 7.06. The van der Waals surface area contributed by atoms with Gasteiger partial charge in [0.15, 0.2) is 0 Å². The van der Waals surface area contributed by atoms with Gasteiger partial charge in [-0.05, 0) is 49.9 Å². The largest absolute Gasteiger partial charge is 0.494 e. The third kappa shape index (κ3) is 5.04. The molecule has 2 rings (SSSR count). The van der Waals surface area contributed by atoms with Crippen molar-refractivity contribution in [2.24, 2.45) is 0 Å². The fourth-order valence-electron chi connectivity index (χ4n) is 2.45. The van der Waals surface area contributed by atoms with Crippen molar-refractivity contribution in [3.05, 3.63) is 35.4 Å². The number of hydroxylamine groups is 1. The number of hydrogen-bond donors (Lipinski definition) is 3. The van der Waals surface area contributed by atoms with Crippen LogP contribution in [0.5, 0.6) is 5.75 Å². The normalized spacial score (nSPS) is 19.5. The summed E-state index contributed by atoms with van der Waals surface area (Å²) in [7, 11) is 1.59. The maximum Gasteiger partial charge on any atom is 0.130 e. The van der Waals surface area contributed by atoms with Gasteiger partial charge in [-0.3, -0.25) is 0 Å². The van der Waals surface area contributed by atoms with Crippen LogP contribution in [0.2, 0.25) is 0 Å². The smallest absolute Gasteiger partial charge is 0.130 e. The van der Waals surface area contributed by atoms with Gasteiger partial charge in [0.25, 0.3) is 0 Å². The molecule has 5 heteroatoms. The Kier molecular flexibility index (Phi) is 4.99.